The van der Waals surface area contributed by atoms with Gasteiger partial charge in [-0.3, -0.25) is 5.32 Å². The summed E-state index contributed by atoms with van der Waals surface area (Å²) in [7, 11) is 1.24. The number of hydrogen-bond donors (Lipinski definition) is 1. The molecule has 0 aliphatic heterocycles. The van der Waals surface area contributed by atoms with E-state index in [1.165, 1.54) is 13.2 Å². The SMILES string of the molecule is CCOC(=O)Nc1ccc(C(C)N=O)c(C)c1C(=O)OC. The normalized spacial score (nSPS) is 11.4. The fourth-order valence-corrected chi connectivity index (χ4v) is 1.98. The third-order valence-electron chi connectivity index (χ3n) is 3.02. The summed E-state index contributed by atoms with van der Waals surface area (Å²) in [4.78, 5) is 34.1. The minimum Gasteiger partial charge on any atom is -0.465 e. The Morgan fingerprint density at radius 1 is 1.38 bits per heavy atom. The monoisotopic (exact) mass is 294 g/mol. The molecule has 0 aliphatic carbocycles. The van der Waals surface area contributed by atoms with Crippen LogP contribution in [0.5, 0.6) is 0 Å². The number of benzene rings is 1. The lowest BCUT2D eigenvalue weighted by Gasteiger charge is -2.16. The number of nitrogens with one attached hydrogen (secondary N) is 1. The van der Waals surface area contributed by atoms with E-state index in [0.29, 0.717) is 11.1 Å². The number of ether oxygens (including phenoxy) is 2. The summed E-state index contributed by atoms with van der Waals surface area (Å²) in [5.41, 5.74) is 1.57. The molecule has 0 aromatic heterocycles. The summed E-state index contributed by atoms with van der Waals surface area (Å²) in [6.07, 6.45) is -0.670. The first-order valence-electron chi connectivity index (χ1n) is 6.44. The molecule has 1 rings (SSSR count). The lowest BCUT2D eigenvalue weighted by molar-refractivity contribution is 0.0601. The second-order valence-corrected chi connectivity index (χ2v) is 4.32. The molecule has 0 fully saturated rings. The molecule has 0 aliphatic rings. The van der Waals surface area contributed by atoms with Crippen molar-refractivity contribution >= 4 is 17.7 Å². The Morgan fingerprint density at radius 2 is 2.05 bits per heavy atom. The van der Waals surface area contributed by atoms with Gasteiger partial charge in [-0.05, 0) is 38.0 Å². The highest BCUT2D eigenvalue weighted by Gasteiger charge is 2.21. The van der Waals surface area contributed by atoms with Crippen molar-refractivity contribution in [1.82, 2.24) is 0 Å². The lowest BCUT2D eigenvalue weighted by atomic mass is 9.96. The second kappa shape index (κ2) is 7.37. The van der Waals surface area contributed by atoms with Crippen LogP contribution in [0.15, 0.2) is 17.3 Å². The number of methoxy groups -OCH3 is 1. The molecule has 0 radical (unpaired) electrons. The van der Waals surface area contributed by atoms with E-state index in [1.807, 2.05) is 0 Å². The van der Waals surface area contributed by atoms with Gasteiger partial charge in [-0.15, -0.1) is 0 Å². The zero-order valence-corrected chi connectivity index (χ0v) is 12.4. The Kier molecular flexibility index (Phi) is 5.83. The van der Waals surface area contributed by atoms with Crippen LogP contribution in [0.2, 0.25) is 0 Å². The molecular formula is C14H18N2O5. The molecule has 0 saturated carbocycles. The first-order chi connectivity index (χ1) is 9.96. The predicted molar refractivity (Wildman–Crippen MR) is 77.4 cm³/mol. The minimum absolute atomic E-state index is 0.179. The maximum Gasteiger partial charge on any atom is 0.411 e. The van der Waals surface area contributed by atoms with Crippen molar-refractivity contribution < 1.29 is 19.1 Å². The quantitative estimate of drug-likeness (QED) is 0.664. The van der Waals surface area contributed by atoms with Crippen LogP contribution in [-0.2, 0) is 9.47 Å². The third-order valence-corrected chi connectivity index (χ3v) is 3.02. The number of hydrogen-bond acceptors (Lipinski definition) is 6. The Bertz CT molecular complexity index is 557. The predicted octanol–water partition coefficient (Wildman–Crippen LogP) is 3.18. The van der Waals surface area contributed by atoms with E-state index in [2.05, 4.69) is 10.5 Å². The van der Waals surface area contributed by atoms with Gasteiger partial charge in [0.1, 0.15) is 6.04 Å². The Labute approximate surface area is 122 Å². The number of esters is 1. The summed E-state index contributed by atoms with van der Waals surface area (Å²) in [5, 5.41) is 5.43. The van der Waals surface area contributed by atoms with Gasteiger partial charge in [0.15, 0.2) is 0 Å². The van der Waals surface area contributed by atoms with E-state index in [0.717, 1.165) is 0 Å². The molecule has 0 bridgehead atoms. The van der Waals surface area contributed by atoms with Gasteiger partial charge in [-0.25, -0.2) is 9.59 Å². The van der Waals surface area contributed by atoms with E-state index < -0.39 is 18.1 Å². The van der Waals surface area contributed by atoms with Gasteiger partial charge in [-0.2, -0.15) is 4.91 Å². The molecule has 0 saturated heterocycles. The molecule has 0 spiro atoms. The number of nitrogens with zero attached hydrogens (tertiary/aromatic N) is 1. The smallest absolute Gasteiger partial charge is 0.411 e. The topological polar surface area (TPSA) is 94.1 Å². The molecule has 7 nitrogen and oxygen atoms in total. The van der Waals surface area contributed by atoms with E-state index in [-0.39, 0.29) is 17.9 Å². The first-order valence-corrected chi connectivity index (χ1v) is 6.44. The van der Waals surface area contributed by atoms with E-state index in [1.54, 1.807) is 26.8 Å². The van der Waals surface area contributed by atoms with Crippen LogP contribution in [0.3, 0.4) is 0 Å². The highest BCUT2D eigenvalue weighted by Crippen LogP contribution is 2.29. The van der Waals surface area contributed by atoms with Gasteiger partial charge in [0.05, 0.1) is 25.0 Å². The highest BCUT2D eigenvalue weighted by molar-refractivity contribution is 6.01. The average Bonchev–Trinajstić information content (AvgIpc) is 2.46. The van der Waals surface area contributed by atoms with Gasteiger partial charge < -0.3 is 9.47 Å². The van der Waals surface area contributed by atoms with Crippen LogP contribution in [-0.4, -0.2) is 25.8 Å². The van der Waals surface area contributed by atoms with Gasteiger partial charge in [0.2, 0.25) is 0 Å². The molecule has 7 heteroatoms. The van der Waals surface area contributed by atoms with Crippen molar-refractivity contribution in [3.05, 3.63) is 33.7 Å². The number of rotatable bonds is 5. The molecular weight excluding hydrogens is 276 g/mol. The largest absolute Gasteiger partial charge is 0.465 e. The molecule has 114 valence electrons. The zero-order valence-electron chi connectivity index (χ0n) is 12.4. The van der Waals surface area contributed by atoms with Crippen molar-refractivity contribution in [2.45, 2.75) is 26.8 Å². The van der Waals surface area contributed by atoms with Crippen LogP contribution in [0.25, 0.3) is 0 Å². The molecule has 0 heterocycles. The summed E-state index contributed by atoms with van der Waals surface area (Å²) in [6.45, 7) is 5.17. The lowest BCUT2D eigenvalue weighted by Crippen LogP contribution is -2.18. The summed E-state index contributed by atoms with van der Waals surface area (Å²) >= 11 is 0. The van der Waals surface area contributed by atoms with Gasteiger partial charge in [-0.1, -0.05) is 11.2 Å². The van der Waals surface area contributed by atoms with Gasteiger partial charge in [0.25, 0.3) is 0 Å². The summed E-state index contributed by atoms with van der Waals surface area (Å²) in [6, 6.07) is 2.55. The zero-order chi connectivity index (χ0) is 16.0. The number of carbonyl (C=O) groups excluding carboxylic acids is 2. The molecule has 1 aromatic carbocycles. The fraction of sp³-hybridized carbons (Fsp3) is 0.429. The standard InChI is InChI=1S/C14H18N2O5/c1-5-21-14(18)15-11-7-6-10(9(3)16-19)8(2)12(11)13(17)20-4/h6-7,9H,5H2,1-4H3,(H,15,18). The molecule has 1 aromatic rings. The second-order valence-electron chi connectivity index (χ2n) is 4.32. The van der Waals surface area contributed by atoms with E-state index in [9.17, 15) is 14.5 Å². The maximum absolute atomic E-state index is 11.9. The first kappa shape index (κ1) is 16.6. The van der Waals surface area contributed by atoms with Gasteiger partial charge in [0, 0.05) is 0 Å². The molecule has 1 atom stereocenters. The molecule has 1 amide bonds. The maximum atomic E-state index is 11.9. The molecule has 1 unspecified atom stereocenters. The van der Waals surface area contributed by atoms with Crippen LogP contribution in [0.4, 0.5) is 10.5 Å². The van der Waals surface area contributed by atoms with Crippen molar-refractivity contribution in [2.24, 2.45) is 5.18 Å². The van der Waals surface area contributed by atoms with Crippen LogP contribution in [0, 0.1) is 11.8 Å². The van der Waals surface area contributed by atoms with E-state index in [4.69, 9.17) is 9.47 Å². The number of anilines is 1. The van der Waals surface area contributed by atoms with Crippen LogP contribution >= 0.6 is 0 Å². The van der Waals surface area contributed by atoms with Gasteiger partial charge >= 0.3 is 12.1 Å². The summed E-state index contributed by atoms with van der Waals surface area (Å²) < 4.78 is 9.51. The number of amides is 1. The van der Waals surface area contributed by atoms with Crippen LogP contribution < -0.4 is 5.32 Å². The third kappa shape index (κ3) is 3.77. The van der Waals surface area contributed by atoms with Crippen molar-refractivity contribution in [3.8, 4) is 0 Å². The Morgan fingerprint density at radius 3 is 2.57 bits per heavy atom. The van der Waals surface area contributed by atoms with Crippen molar-refractivity contribution in [3.63, 3.8) is 0 Å². The van der Waals surface area contributed by atoms with Crippen LogP contribution in [0.1, 0.15) is 41.4 Å². The number of carbonyl (C=O) groups is 2. The fourth-order valence-electron chi connectivity index (χ4n) is 1.98. The van der Waals surface area contributed by atoms with Crippen molar-refractivity contribution in [2.75, 3.05) is 19.0 Å². The number of nitroso groups, excluding NO2 is 1. The molecule has 21 heavy (non-hydrogen) atoms. The molecule has 1 N–H and O–H groups in total. The Balaban J connectivity index is 3.31. The highest BCUT2D eigenvalue weighted by atomic mass is 16.5. The minimum atomic E-state index is -0.670. The summed E-state index contributed by atoms with van der Waals surface area (Å²) in [5.74, 6) is -0.612. The van der Waals surface area contributed by atoms with E-state index >= 15 is 0 Å². The average molecular weight is 294 g/mol. The van der Waals surface area contributed by atoms with Crippen molar-refractivity contribution in [1.29, 1.82) is 0 Å². The Hall–Kier alpha value is -2.44.